The van der Waals surface area contributed by atoms with Crippen molar-refractivity contribution in [1.82, 2.24) is 10.2 Å². The van der Waals surface area contributed by atoms with E-state index in [1.165, 1.54) is 17.3 Å². The molecule has 2 aromatic carbocycles. The number of ether oxygens (including phenoxy) is 1. The lowest BCUT2D eigenvalue weighted by molar-refractivity contribution is 0.0993. The zero-order valence-electron chi connectivity index (χ0n) is 15.1. The molecule has 5 nitrogen and oxygen atoms in total. The summed E-state index contributed by atoms with van der Waals surface area (Å²) >= 11 is 1.27. The van der Waals surface area contributed by atoms with Crippen LogP contribution >= 0.6 is 11.8 Å². The highest BCUT2D eigenvalue weighted by molar-refractivity contribution is 8.00. The van der Waals surface area contributed by atoms with Crippen molar-refractivity contribution in [2.24, 2.45) is 0 Å². The first-order valence-electron chi connectivity index (χ1n) is 8.24. The van der Waals surface area contributed by atoms with E-state index in [4.69, 9.17) is 9.15 Å². The van der Waals surface area contributed by atoms with Crippen LogP contribution in [0.3, 0.4) is 0 Å². The SMILES string of the molecule is COc1ccc(-c2nnc(S[C@H](C)C(=O)c3ccc(C)c(C)c3)o2)cc1. The van der Waals surface area contributed by atoms with E-state index in [0.29, 0.717) is 16.7 Å². The van der Waals surface area contributed by atoms with Crippen LogP contribution in [0.15, 0.2) is 52.1 Å². The number of methoxy groups -OCH3 is 1. The third-order valence-electron chi connectivity index (χ3n) is 4.18. The molecular weight excluding hydrogens is 348 g/mol. The van der Waals surface area contributed by atoms with E-state index in [1.54, 1.807) is 7.11 Å². The Morgan fingerprint density at radius 3 is 2.46 bits per heavy atom. The quantitative estimate of drug-likeness (QED) is 0.463. The minimum absolute atomic E-state index is 0.0438. The summed E-state index contributed by atoms with van der Waals surface area (Å²) in [5.41, 5.74) is 3.77. The lowest BCUT2D eigenvalue weighted by Gasteiger charge is -2.09. The normalized spacial score (nSPS) is 12.0. The van der Waals surface area contributed by atoms with E-state index in [-0.39, 0.29) is 11.0 Å². The number of aromatic nitrogens is 2. The van der Waals surface area contributed by atoms with Crippen molar-refractivity contribution < 1.29 is 13.9 Å². The van der Waals surface area contributed by atoms with Crippen molar-refractivity contribution in [3.63, 3.8) is 0 Å². The van der Waals surface area contributed by atoms with Crippen molar-refractivity contribution in [1.29, 1.82) is 0 Å². The monoisotopic (exact) mass is 368 g/mol. The summed E-state index contributed by atoms with van der Waals surface area (Å²) < 4.78 is 10.8. The Morgan fingerprint density at radius 2 is 1.81 bits per heavy atom. The Kier molecular flexibility index (Phi) is 5.42. The first-order valence-corrected chi connectivity index (χ1v) is 9.12. The average molecular weight is 368 g/mol. The first kappa shape index (κ1) is 18.2. The maximum Gasteiger partial charge on any atom is 0.277 e. The lowest BCUT2D eigenvalue weighted by Crippen LogP contribution is -2.13. The Balaban J connectivity index is 1.71. The van der Waals surface area contributed by atoms with Gasteiger partial charge in [-0.05, 0) is 62.2 Å². The number of benzene rings is 2. The van der Waals surface area contributed by atoms with Gasteiger partial charge in [0.2, 0.25) is 5.89 Å². The molecule has 0 aliphatic rings. The van der Waals surface area contributed by atoms with Gasteiger partial charge in [-0.25, -0.2) is 0 Å². The smallest absolute Gasteiger partial charge is 0.277 e. The molecule has 0 unspecified atom stereocenters. The number of ketones is 1. The van der Waals surface area contributed by atoms with Gasteiger partial charge < -0.3 is 9.15 Å². The molecule has 1 atom stereocenters. The fraction of sp³-hybridized carbons (Fsp3) is 0.250. The Bertz CT molecular complexity index is 919. The number of nitrogens with zero attached hydrogens (tertiary/aromatic N) is 2. The molecule has 0 radical (unpaired) electrons. The molecule has 1 heterocycles. The van der Waals surface area contributed by atoms with Gasteiger partial charge in [0.15, 0.2) is 5.78 Å². The van der Waals surface area contributed by atoms with Crippen LogP contribution in [0.25, 0.3) is 11.5 Å². The lowest BCUT2D eigenvalue weighted by atomic mass is 10.0. The minimum atomic E-state index is -0.318. The van der Waals surface area contributed by atoms with Gasteiger partial charge in [-0.15, -0.1) is 10.2 Å². The third-order valence-corrected chi connectivity index (χ3v) is 5.12. The molecule has 0 fully saturated rings. The van der Waals surface area contributed by atoms with E-state index in [0.717, 1.165) is 16.9 Å². The van der Waals surface area contributed by atoms with E-state index < -0.39 is 0 Å². The summed E-state index contributed by atoms with van der Waals surface area (Å²) in [6.45, 7) is 5.88. The van der Waals surface area contributed by atoms with Crippen LogP contribution in [0.1, 0.15) is 28.4 Å². The van der Waals surface area contributed by atoms with E-state index in [2.05, 4.69) is 10.2 Å². The van der Waals surface area contributed by atoms with E-state index in [9.17, 15) is 4.79 Å². The fourth-order valence-corrected chi connectivity index (χ4v) is 3.20. The summed E-state index contributed by atoms with van der Waals surface area (Å²) in [5.74, 6) is 1.22. The van der Waals surface area contributed by atoms with Crippen LogP contribution in [-0.2, 0) is 0 Å². The van der Waals surface area contributed by atoms with Gasteiger partial charge in [0.05, 0.1) is 12.4 Å². The van der Waals surface area contributed by atoms with Gasteiger partial charge in [-0.2, -0.15) is 0 Å². The molecule has 0 aliphatic heterocycles. The summed E-state index contributed by atoms with van der Waals surface area (Å²) in [6, 6.07) is 13.1. The summed E-state index contributed by atoms with van der Waals surface area (Å²) in [6.07, 6.45) is 0. The zero-order chi connectivity index (χ0) is 18.7. The van der Waals surface area contributed by atoms with E-state index >= 15 is 0 Å². The number of rotatable bonds is 6. The number of carbonyl (C=O) groups is 1. The molecule has 134 valence electrons. The van der Waals surface area contributed by atoms with Gasteiger partial charge in [0.1, 0.15) is 5.75 Å². The maximum absolute atomic E-state index is 12.6. The number of Topliss-reactive ketones (excluding diaryl/α,β-unsaturated/α-hetero) is 1. The second-order valence-corrected chi connectivity index (χ2v) is 7.32. The predicted octanol–water partition coefficient (Wildman–Crippen LogP) is 4.73. The molecular formula is C20H20N2O3S. The number of thioether (sulfide) groups is 1. The molecule has 1 aromatic heterocycles. The molecule has 0 saturated carbocycles. The van der Waals surface area contributed by atoms with Crippen molar-refractivity contribution in [3.05, 3.63) is 59.2 Å². The Hall–Kier alpha value is -2.60. The molecule has 26 heavy (non-hydrogen) atoms. The topological polar surface area (TPSA) is 65.2 Å². The Labute approximate surface area is 156 Å². The van der Waals surface area contributed by atoms with Gasteiger partial charge >= 0.3 is 0 Å². The highest BCUT2D eigenvalue weighted by Gasteiger charge is 2.20. The molecule has 0 spiro atoms. The maximum atomic E-state index is 12.6. The van der Waals surface area contributed by atoms with Crippen molar-refractivity contribution in [3.8, 4) is 17.2 Å². The highest BCUT2D eigenvalue weighted by atomic mass is 32.2. The van der Waals surface area contributed by atoms with Gasteiger partial charge in [0.25, 0.3) is 5.22 Å². The molecule has 0 bridgehead atoms. The molecule has 6 heteroatoms. The van der Waals surface area contributed by atoms with Crippen LogP contribution < -0.4 is 4.74 Å². The van der Waals surface area contributed by atoms with Gasteiger partial charge in [-0.3, -0.25) is 4.79 Å². The summed E-state index contributed by atoms with van der Waals surface area (Å²) in [7, 11) is 1.62. The van der Waals surface area contributed by atoms with Crippen molar-refractivity contribution in [2.75, 3.05) is 7.11 Å². The molecule has 3 rings (SSSR count). The first-order chi connectivity index (χ1) is 12.5. The molecule has 3 aromatic rings. The number of hydrogen-bond donors (Lipinski definition) is 0. The molecule has 0 aliphatic carbocycles. The predicted molar refractivity (Wildman–Crippen MR) is 102 cm³/mol. The average Bonchev–Trinajstić information content (AvgIpc) is 3.12. The molecule has 0 saturated heterocycles. The molecule has 0 amide bonds. The number of hydrogen-bond acceptors (Lipinski definition) is 6. The minimum Gasteiger partial charge on any atom is -0.497 e. The Morgan fingerprint density at radius 1 is 1.08 bits per heavy atom. The second kappa shape index (κ2) is 7.74. The molecule has 0 N–H and O–H groups in total. The standard InChI is InChI=1S/C20H20N2O3S/c1-12-5-6-16(11-13(12)2)18(23)14(3)26-20-22-21-19(25-20)15-7-9-17(24-4)10-8-15/h5-11,14H,1-4H3/t14-/m1/s1. The zero-order valence-corrected chi connectivity index (χ0v) is 16.0. The van der Waals surface area contributed by atoms with Crippen LogP contribution in [-0.4, -0.2) is 28.3 Å². The number of aryl methyl sites for hydroxylation is 2. The van der Waals surface area contributed by atoms with E-state index in [1.807, 2.05) is 63.2 Å². The third kappa shape index (κ3) is 3.96. The highest BCUT2D eigenvalue weighted by Crippen LogP contribution is 2.28. The van der Waals surface area contributed by atoms with Gasteiger partial charge in [0, 0.05) is 11.1 Å². The van der Waals surface area contributed by atoms with Crippen LogP contribution in [0, 0.1) is 13.8 Å². The fourth-order valence-electron chi connectivity index (χ4n) is 2.44. The van der Waals surface area contributed by atoms with Crippen LogP contribution in [0.2, 0.25) is 0 Å². The summed E-state index contributed by atoms with van der Waals surface area (Å²) in [5, 5.41) is 8.17. The van der Waals surface area contributed by atoms with Crippen LogP contribution in [0.4, 0.5) is 0 Å². The number of carbonyl (C=O) groups excluding carboxylic acids is 1. The van der Waals surface area contributed by atoms with Gasteiger partial charge in [-0.1, -0.05) is 23.9 Å². The van der Waals surface area contributed by atoms with Crippen molar-refractivity contribution in [2.45, 2.75) is 31.2 Å². The second-order valence-electron chi connectivity index (χ2n) is 6.02. The van der Waals surface area contributed by atoms with Crippen molar-refractivity contribution >= 4 is 17.5 Å². The summed E-state index contributed by atoms with van der Waals surface area (Å²) in [4.78, 5) is 12.6. The van der Waals surface area contributed by atoms with Crippen LogP contribution in [0.5, 0.6) is 5.75 Å². The largest absolute Gasteiger partial charge is 0.497 e.